The Morgan fingerprint density at radius 1 is 1.71 bits per heavy atom. The van der Waals surface area contributed by atoms with Crippen molar-refractivity contribution >= 4 is 0 Å². The van der Waals surface area contributed by atoms with E-state index < -0.39 is 0 Å². The van der Waals surface area contributed by atoms with Crippen LogP contribution in [0.2, 0.25) is 0 Å². The van der Waals surface area contributed by atoms with Crippen molar-refractivity contribution in [1.29, 1.82) is 0 Å². The summed E-state index contributed by atoms with van der Waals surface area (Å²) in [5.74, 6) is 0. The third-order valence-corrected chi connectivity index (χ3v) is 1.13. The summed E-state index contributed by atoms with van der Waals surface area (Å²) in [6.45, 7) is 3.80. The van der Waals surface area contributed by atoms with Gasteiger partial charge in [-0.05, 0) is 32.1 Å². The normalized spacial score (nSPS) is 22.6. The molecule has 0 heteroatoms. The van der Waals surface area contributed by atoms with Crippen LogP contribution in [0.25, 0.3) is 0 Å². The van der Waals surface area contributed by atoms with Crippen LogP contribution in [0.15, 0.2) is 12.2 Å². The number of rotatable bonds is 0. The van der Waals surface area contributed by atoms with Crippen LogP contribution in [0.1, 0.15) is 19.3 Å². The number of allylic oxidation sites excluding steroid dienone is 1. The zero-order valence-electron chi connectivity index (χ0n) is 4.41. The van der Waals surface area contributed by atoms with Gasteiger partial charge in [0, 0.05) is 0 Å². The largest absolute Gasteiger partial charge is 0.0995 e. The predicted molar refractivity (Wildman–Crippen MR) is 30.5 cm³/mol. The summed E-state index contributed by atoms with van der Waals surface area (Å²) in [6.07, 6.45) is 8.64. The fraction of sp³-hybridized carbons (Fsp3) is 0.429. The molecule has 0 aromatic heterocycles. The van der Waals surface area contributed by atoms with Gasteiger partial charge in [-0.15, -0.1) is 0 Å². The lowest BCUT2D eigenvalue weighted by atomic mass is 9.97. The van der Waals surface area contributed by atoms with Gasteiger partial charge in [0.05, 0.1) is 0 Å². The smallest absolute Gasteiger partial charge is 0.00665 e. The Morgan fingerprint density at radius 2 is 2.57 bits per heavy atom. The third kappa shape index (κ3) is 1.34. The lowest BCUT2D eigenvalue weighted by Gasteiger charge is -2.08. The van der Waals surface area contributed by atoms with Crippen LogP contribution in [0, 0.1) is 12.8 Å². The zero-order chi connectivity index (χ0) is 5.11. The van der Waals surface area contributed by atoms with Crippen molar-refractivity contribution in [3.63, 3.8) is 0 Å². The van der Waals surface area contributed by atoms with E-state index >= 15 is 0 Å². The minimum Gasteiger partial charge on any atom is -0.0995 e. The summed E-state index contributed by atoms with van der Waals surface area (Å²) in [5, 5.41) is 0. The van der Waals surface area contributed by atoms with Crippen molar-refractivity contribution in [2.75, 3.05) is 0 Å². The standard InChI is InChI=1S/C7H9/c1-7-5-3-2-4-6-7/h6H,1-3,5H2. The summed E-state index contributed by atoms with van der Waals surface area (Å²) in [6, 6.07) is 0. The van der Waals surface area contributed by atoms with Crippen LogP contribution >= 0.6 is 0 Å². The van der Waals surface area contributed by atoms with Gasteiger partial charge in [-0.25, -0.2) is 0 Å². The highest BCUT2D eigenvalue weighted by atomic mass is 14.1. The monoisotopic (exact) mass is 93.1 g/mol. The summed E-state index contributed by atoms with van der Waals surface area (Å²) in [5.41, 5.74) is 1.23. The molecule has 7 heavy (non-hydrogen) atoms. The molecule has 0 aliphatic heterocycles. The molecule has 0 aromatic carbocycles. The molecular weight excluding hydrogens is 84.1 g/mol. The van der Waals surface area contributed by atoms with Crippen LogP contribution in [-0.2, 0) is 0 Å². The third-order valence-electron chi connectivity index (χ3n) is 1.13. The van der Waals surface area contributed by atoms with Gasteiger partial charge in [0.2, 0.25) is 0 Å². The second-order valence-corrected chi connectivity index (χ2v) is 1.86. The quantitative estimate of drug-likeness (QED) is 0.429. The Morgan fingerprint density at radius 3 is 2.86 bits per heavy atom. The SMILES string of the molecule is C=C1[CH][C]CCC1. The maximum absolute atomic E-state index is 3.80. The molecule has 0 amide bonds. The molecule has 0 saturated heterocycles. The van der Waals surface area contributed by atoms with E-state index in [4.69, 9.17) is 0 Å². The molecule has 0 aromatic rings. The maximum Gasteiger partial charge on any atom is -0.00665 e. The molecule has 1 aliphatic rings. The molecule has 37 valence electrons. The van der Waals surface area contributed by atoms with Gasteiger partial charge >= 0.3 is 0 Å². The lowest BCUT2D eigenvalue weighted by molar-refractivity contribution is 0.768. The highest BCUT2D eigenvalue weighted by Gasteiger charge is 2.01. The minimum atomic E-state index is 1.12. The molecule has 0 unspecified atom stereocenters. The Bertz CT molecular complexity index is 64.1. The van der Waals surface area contributed by atoms with Gasteiger partial charge in [-0.1, -0.05) is 12.2 Å². The maximum atomic E-state index is 3.80. The van der Waals surface area contributed by atoms with Crippen LogP contribution in [0.3, 0.4) is 0 Å². The molecule has 1 saturated carbocycles. The molecular formula is C7H9. The van der Waals surface area contributed by atoms with E-state index in [0.717, 1.165) is 6.42 Å². The Kier molecular flexibility index (Phi) is 1.50. The average Bonchev–Trinajstić information content (AvgIpc) is 1.69. The molecule has 3 radical (unpaired) electrons. The topological polar surface area (TPSA) is 0 Å². The van der Waals surface area contributed by atoms with E-state index in [-0.39, 0.29) is 0 Å². The molecule has 0 N–H and O–H groups in total. The molecule has 1 aliphatic carbocycles. The van der Waals surface area contributed by atoms with E-state index in [1.165, 1.54) is 18.4 Å². The number of hydrogen-bond acceptors (Lipinski definition) is 0. The molecule has 1 fully saturated rings. The molecule has 0 spiro atoms. The van der Waals surface area contributed by atoms with E-state index in [2.05, 4.69) is 13.0 Å². The highest BCUT2D eigenvalue weighted by molar-refractivity contribution is 5.16. The van der Waals surface area contributed by atoms with Gasteiger partial charge in [0.25, 0.3) is 0 Å². The lowest BCUT2D eigenvalue weighted by Crippen LogP contribution is -1.92. The summed E-state index contributed by atoms with van der Waals surface area (Å²) >= 11 is 0. The first-order valence-electron chi connectivity index (χ1n) is 2.64. The average molecular weight is 93.1 g/mol. The minimum absolute atomic E-state index is 1.12. The fourth-order valence-electron chi connectivity index (χ4n) is 0.706. The first-order chi connectivity index (χ1) is 3.39. The molecule has 0 bridgehead atoms. The van der Waals surface area contributed by atoms with Gasteiger partial charge in [0.1, 0.15) is 0 Å². The van der Waals surface area contributed by atoms with Crippen molar-refractivity contribution < 1.29 is 0 Å². The van der Waals surface area contributed by atoms with Gasteiger partial charge < -0.3 is 0 Å². The molecule has 1 rings (SSSR count). The van der Waals surface area contributed by atoms with Crippen LogP contribution in [-0.4, -0.2) is 0 Å². The highest BCUT2D eigenvalue weighted by Crippen LogP contribution is 2.18. The van der Waals surface area contributed by atoms with Gasteiger partial charge in [-0.3, -0.25) is 0 Å². The first-order valence-corrected chi connectivity index (χ1v) is 2.64. The van der Waals surface area contributed by atoms with E-state index in [1.807, 2.05) is 6.42 Å². The Labute approximate surface area is 45.2 Å². The van der Waals surface area contributed by atoms with E-state index in [9.17, 15) is 0 Å². The van der Waals surface area contributed by atoms with Crippen LogP contribution < -0.4 is 0 Å². The summed E-state index contributed by atoms with van der Waals surface area (Å²) in [7, 11) is 0. The van der Waals surface area contributed by atoms with Gasteiger partial charge in [0.15, 0.2) is 0 Å². The second kappa shape index (κ2) is 2.15. The Balaban J connectivity index is 2.25. The second-order valence-electron chi connectivity index (χ2n) is 1.86. The van der Waals surface area contributed by atoms with Crippen molar-refractivity contribution in [2.24, 2.45) is 0 Å². The van der Waals surface area contributed by atoms with Crippen molar-refractivity contribution in [3.05, 3.63) is 25.0 Å². The van der Waals surface area contributed by atoms with E-state index in [1.54, 1.807) is 0 Å². The van der Waals surface area contributed by atoms with Crippen molar-refractivity contribution in [1.82, 2.24) is 0 Å². The van der Waals surface area contributed by atoms with Crippen molar-refractivity contribution in [3.8, 4) is 0 Å². The molecule has 0 nitrogen and oxygen atoms in total. The summed E-state index contributed by atoms with van der Waals surface area (Å²) in [4.78, 5) is 0. The molecule has 0 heterocycles. The first kappa shape index (κ1) is 4.89. The number of hydrogen-bond donors (Lipinski definition) is 0. The molecule has 0 atom stereocenters. The van der Waals surface area contributed by atoms with Crippen LogP contribution in [0.4, 0.5) is 0 Å². The predicted octanol–water partition coefficient (Wildman–Crippen LogP) is 2.01. The Hall–Kier alpha value is -0.260. The van der Waals surface area contributed by atoms with Crippen molar-refractivity contribution in [2.45, 2.75) is 19.3 Å². The fourth-order valence-corrected chi connectivity index (χ4v) is 0.706. The zero-order valence-corrected chi connectivity index (χ0v) is 4.41. The summed E-state index contributed by atoms with van der Waals surface area (Å²) < 4.78 is 0. The van der Waals surface area contributed by atoms with Crippen LogP contribution in [0.5, 0.6) is 0 Å². The van der Waals surface area contributed by atoms with Gasteiger partial charge in [-0.2, -0.15) is 0 Å². The van der Waals surface area contributed by atoms with E-state index in [0.29, 0.717) is 0 Å².